The van der Waals surface area contributed by atoms with E-state index in [0.29, 0.717) is 29.6 Å². The van der Waals surface area contributed by atoms with Crippen molar-refractivity contribution in [2.24, 2.45) is 11.7 Å². The van der Waals surface area contributed by atoms with Crippen molar-refractivity contribution in [3.8, 4) is 11.5 Å². The maximum atomic E-state index is 10.8. The Kier molecular flexibility index (Phi) is 4.97. The van der Waals surface area contributed by atoms with Crippen LogP contribution in [0.5, 0.6) is 11.5 Å². The van der Waals surface area contributed by atoms with Crippen molar-refractivity contribution >= 4 is 5.97 Å². The minimum Gasteiger partial charge on any atom is -0.493 e. The summed E-state index contributed by atoms with van der Waals surface area (Å²) in [4.78, 5) is 10.8. The molecule has 5 heteroatoms. The second-order valence-electron chi connectivity index (χ2n) is 4.43. The van der Waals surface area contributed by atoms with Crippen LogP contribution in [0.15, 0.2) is 18.2 Å². The van der Waals surface area contributed by atoms with Crippen LogP contribution in [0.1, 0.15) is 25.5 Å². The number of aliphatic carboxylic acids is 1. The van der Waals surface area contributed by atoms with E-state index in [-0.39, 0.29) is 0 Å². The molecule has 5 nitrogen and oxygen atoms in total. The van der Waals surface area contributed by atoms with E-state index >= 15 is 0 Å². The van der Waals surface area contributed by atoms with Gasteiger partial charge in [0.1, 0.15) is 6.04 Å². The highest BCUT2D eigenvalue weighted by molar-refractivity contribution is 5.75. The van der Waals surface area contributed by atoms with Gasteiger partial charge in [-0.1, -0.05) is 19.9 Å². The molecule has 0 radical (unpaired) electrons. The number of rotatable bonds is 6. The molecule has 100 valence electrons. The Labute approximate surface area is 107 Å². The molecule has 0 aliphatic carbocycles. The lowest BCUT2D eigenvalue weighted by Crippen LogP contribution is -2.20. The van der Waals surface area contributed by atoms with Crippen LogP contribution in [-0.2, 0) is 4.79 Å². The molecule has 0 aromatic heterocycles. The zero-order chi connectivity index (χ0) is 13.7. The molecule has 0 bridgehead atoms. The average Bonchev–Trinajstić information content (AvgIpc) is 2.34. The van der Waals surface area contributed by atoms with Crippen LogP contribution in [0.3, 0.4) is 0 Å². The molecule has 1 aromatic carbocycles. The van der Waals surface area contributed by atoms with Gasteiger partial charge in [0.05, 0.1) is 13.7 Å². The number of methoxy groups -OCH3 is 1. The zero-order valence-corrected chi connectivity index (χ0v) is 10.8. The van der Waals surface area contributed by atoms with Gasteiger partial charge in [-0.05, 0) is 23.6 Å². The quantitative estimate of drug-likeness (QED) is 0.808. The monoisotopic (exact) mass is 253 g/mol. The van der Waals surface area contributed by atoms with E-state index in [1.54, 1.807) is 18.2 Å². The fourth-order valence-electron chi connectivity index (χ4n) is 1.40. The second kappa shape index (κ2) is 6.26. The molecule has 1 aromatic rings. The first kappa shape index (κ1) is 14.3. The molecule has 1 atom stereocenters. The lowest BCUT2D eigenvalue weighted by Gasteiger charge is -2.14. The van der Waals surface area contributed by atoms with Crippen molar-refractivity contribution in [1.29, 1.82) is 0 Å². The number of carboxylic acid groups (broad SMARTS) is 1. The number of carboxylic acids is 1. The van der Waals surface area contributed by atoms with E-state index < -0.39 is 12.0 Å². The standard InChI is InChI=1S/C13H19NO4/c1-8(2)7-18-10-5-4-9(6-11(10)17-3)12(14)13(15)16/h4-6,8,12H,7,14H2,1-3H3,(H,15,16). The highest BCUT2D eigenvalue weighted by Crippen LogP contribution is 2.30. The van der Waals surface area contributed by atoms with Gasteiger partial charge in [-0.2, -0.15) is 0 Å². The van der Waals surface area contributed by atoms with Gasteiger partial charge in [0, 0.05) is 0 Å². The van der Waals surface area contributed by atoms with E-state index in [0.717, 1.165) is 0 Å². The number of nitrogens with two attached hydrogens (primary N) is 1. The van der Waals surface area contributed by atoms with E-state index in [1.165, 1.54) is 7.11 Å². The summed E-state index contributed by atoms with van der Waals surface area (Å²) >= 11 is 0. The summed E-state index contributed by atoms with van der Waals surface area (Å²) in [6.45, 7) is 4.66. The molecule has 0 amide bonds. The molecule has 18 heavy (non-hydrogen) atoms. The molecule has 1 unspecified atom stereocenters. The van der Waals surface area contributed by atoms with Crippen LogP contribution in [0, 0.1) is 5.92 Å². The SMILES string of the molecule is COc1cc(C(N)C(=O)O)ccc1OCC(C)C. The molecule has 0 fully saturated rings. The first-order valence-corrected chi connectivity index (χ1v) is 5.74. The smallest absolute Gasteiger partial charge is 0.325 e. The fourth-order valence-corrected chi connectivity index (χ4v) is 1.40. The van der Waals surface area contributed by atoms with Gasteiger partial charge in [-0.25, -0.2) is 0 Å². The number of hydrogen-bond donors (Lipinski definition) is 2. The topological polar surface area (TPSA) is 81.8 Å². The second-order valence-corrected chi connectivity index (χ2v) is 4.43. The Hall–Kier alpha value is -1.75. The third kappa shape index (κ3) is 3.63. The van der Waals surface area contributed by atoms with Crippen molar-refractivity contribution < 1.29 is 19.4 Å². The number of carbonyl (C=O) groups is 1. The van der Waals surface area contributed by atoms with Crippen LogP contribution >= 0.6 is 0 Å². The molecule has 3 N–H and O–H groups in total. The molecule has 0 saturated heterocycles. The van der Waals surface area contributed by atoms with Crippen molar-refractivity contribution in [2.75, 3.05) is 13.7 Å². The van der Waals surface area contributed by atoms with Gasteiger partial charge in [0.25, 0.3) is 0 Å². The predicted octanol–water partition coefficient (Wildman–Crippen LogP) is 1.81. The van der Waals surface area contributed by atoms with Gasteiger partial charge >= 0.3 is 5.97 Å². The maximum absolute atomic E-state index is 10.8. The predicted molar refractivity (Wildman–Crippen MR) is 67.9 cm³/mol. The minimum atomic E-state index is -1.08. The highest BCUT2D eigenvalue weighted by Gasteiger charge is 2.16. The number of ether oxygens (including phenoxy) is 2. The van der Waals surface area contributed by atoms with Crippen LogP contribution in [0.2, 0.25) is 0 Å². The van der Waals surface area contributed by atoms with Crippen molar-refractivity contribution in [2.45, 2.75) is 19.9 Å². The van der Waals surface area contributed by atoms with Crippen LogP contribution in [0.4, 0.5) is 0 Å². The Morgan fingerprint density at radius 1 is 1.39 bits per heavy atom. The summed E-state index contributed by atoms with van der Waals surface area (Å²) in [6, 6.07) is 3.85. The first-order valence-electron chi connectivity index (χ1n) is 5.74. The molecular formula is C13H19NO4. The number of benzene rings is 1. The summed E-state index contributed by atoms with van der Waals surface area (Å²) in [6.07, 6.45) is 0. The summed E-state index contributed by atoms with van der Waals surface area (Å²) in [5.41, 5.74) is 6.02. The highest BCUT2D eigenvalue weighted by atomic mass is 16.5. The van der Waals surface area contributed by atoms with Gasteiger partial charge in [-0.15, -0.1) is 0 Å². The van der Waals surface area contributed by atoms with Crippen molar-refractivity contribution in [1.82, 2.24) is 0 Å². The third-order valence-corrected chi connectivity index (χ3v) is 2.39. The molecule has 0 aliphatic rings. The number of hydrogen-bond acceptors (Lipinski definition) is 4. The van der Waals surface area contributed by atoms with Gasteiger partial charge in [0.15, 0.2) is 11.5 Å². The molecule has 0 spiro atoms. The molecule has 0 heterocycles. The minimum absolute atomic E-state index is 0.399. The first-order chi connectivity index (χ1) is 8.45. The summed E-state index contributed by atoms with van der Waals surface area (Å²) < 4.78 is 10.7. The summed E-state index contributed by atoms with van der Waals surface area (Å²) in [7, 11) is 1.51. The van der Waals surface area contributed by atoms with E-state index in [2.05, 4.69) is 0 Å². The van der Waals surface area contributed by atoms with E-state index in [1.807, 2.05) is 13.8 Å². The Morgan fingerprint density at radius 3 is 2.56 bits per heavy atom. The summed E-state index contributed by atoms with van der Waals surface area (Å²) in [5, 5.41) is 8.85. The van der Waals surface area contributed by atoms with Crippen molar-refractivity contribution in [3.63, 3.8) is 0 Å². The molecule has 1 rings (SSSR count). The molecular weight excluding hydrogens is 234 g/mol. The molecule has 0 aliphatic heterocycles. The van der Waals surface area contributed by atoms with Gasteiger partial charge in [0.2, 0.25) is 0 Å². The third-order valence-electron chi connectivity index (χ3n) is 2.39. The van der Waals surface area contributed by atoms with E-state index in [9.17, 15) is 4.79 Å². The lowest BCUT2D eigenvalue weighted by molar-refractivity contribution is -0.138. The fraction of sp³-hybridized carbons (Fsp3) is 0.462. The zero-order valence-electron chi connectivity index (χ0n) is 10.8. The average molecular weight is 253 g/mol. The maximum Gasteiger partial charge on any atom is 0.325 e. The normalized spacial score (nSPS) is 12.3. The van der Waals surface area contributed by atoms with Crippen molar-refractivity contribution in [3.05, 3.63) is 23.8 Å². The van der Waals surface area contributed by atoms with Gasteiger partial charge < -0.3 is 20.3 Å². The Morgan fingerprint density at radius 2 is 2.06 bits per heavy atom. The van der Waals surface area contributed by atoms with Crippen LogP contribution < -0.4 is 15.2 Å². The van der Waals surface area contributed by atoms with Crippen LogP contribution in [0.25, 0.3) is 0 Å². The largest absolute Gasteiger partial charge is 0.493 e. The molecule has 0 saturated carbocycles. The Bertz CT molecular complexity index is 417. The summed E-state index contributed by atoms with van der Waals surface area (Å²) in [5.74, 6) is 0.404. The van der Waals surface area contributed by atoms with Crippen LogP contribution in [-0.4, -0.2) is 24.8 Å². The lowest BCUT2D eigenvalue weighted by atomic mass is 10.1. The Balaban J connectivity index is 2.92. The van der Waals surface area contributed by atoms with E-state index in [4.69, 9.17) is 20.3 Å². The van der Waals surface area contributed by atoms with Gasteiger partial charge in [-0.3, -0.25) is 4.79 Å².